The van der Waals surface area contributed by atoms with Gasteiger partial charge in [-0.05, 0) is 37.1 Å². The highest BCUT2D eigenvalue weighted by molar-refractivity contribution is 5.95. The van der Waals surface area contributed by atoms with Crippen LogP contribution in [0.15, 0.2) is 24.5 Å². The molecule has 1 aromatic heterocycles. The number of aromatic hydroxyl groups is 1. The summed E-state index contributed by atoms with van der Waals surface area (Å²) < 4.78 is 0. The van der Waals surface area contributed by atoms with Gasteiger partial charge in [-0.25, -0.2) is 14.8 Å². The van der Waals surface area contributed by atoms with E-state index in [9.17, 15) is 9.90 Å². The van der Waals surface area contributed by atoms with Crippen LogP contribution in [0.25, 0.3) is 11.1 Å². The molecule has 0 saturated carbocycles. The first-order chi connectivity index (χ1) is 8.50. The Morgan fingerprint density at radius 2 is 1.94 bits per heavy atom. The first kappa shape index (κ1) is 12.0. The van der Waals surface area contributed by atoms with E-state index in [2.05, 4.69) is 9.97 Å². The Labute approximate surface area is 104 Å². The first-order valence-corrected chi connectivity index (χ1v) is 5.35. The third-order valence-corrected chi connectivity index (χ3v) is 2.72. The molecule has 1 aromatic carbocycles. The number of hydrogen-bond acceptors (Lipinski definition) is 4. The topological polar surface area (TPSA) is 83.3 Å². The molecule has 0 spiro atoms. The minimum absolute atomic E-state index is 0.0312. The summed E-state index contributed by atoms with van der Waals surface area (Å²) in [6.07, 6.45) is 1.23. The number of aromatic carboxylic acids is 1. The van der Waals surface area contributed by atoms with Crippen molar-refractivity contribution in [3.63, 3.8) is 0 Å². The number of aryl methyl sites for hydroxylation is 2. The third kappa shape index (κ3) is 2.02. The van der Waals surface area contributed by atoms with Crippen molar-refractivity contribution in [3.8, 4) is 16.9 Å². The van der Waals surface area contributed by atoms with Crippen LogP contribution in [0.1, 0.15) is 21.7 Å². The van der Waals surface area contributed by atoms with Crippen molar-refractivity contribution in [1.82, 2.24) is 9.97 Å². The fourth-order valence-electron chi connectivity index (χ4n) is 1.89. The van der Waals surface area contributed by atoms with E-state index in [-0.39, 0.29) is 11.4 Å². The fourth-order valence-corrected chi connectivity index (χ4v) is 1.89. The molecule has 1 heterocycles. The largest absolute Gasteiger partial charge is 0.508 e. The number of nitrogens with zero attached hydrogens (tertiary/aromatic N) is 2. The van der Waals surface area contributed by atoms with E-state index < -0.39 is 5.97 Å². The SMILES string of the molecule is Cc1cc(O)ccc1-c1c(C)ncnc1C(=O)O. The lowest BCUT2D eigenvalue weighted by Crippen LogP contribution is -2.06. The van der Waals surface area contributed by atoms with Gasteiger partial charge in [-0.15, -0.1) is 0 Å². The smallest absolute Gasteiger partial charge is 0.355 e. The second-order valence-corrected chi connectivity index (χ2v) is 3.99. The van der Waals surface area contributed by atoms with Gasteiger partial charge in [0.25, 0.3) is 0 Å². The number of hydrogen-bond donors (Lipinski definition) is 2. The Balaban J connectivity index is 2.74. The highest BCUT2D eigenvalue weighted by Gasteiger charge is 2.18. The Morgan fingerprint density at radius 1 is 1.22 bits per heavy atom. The van der Waals surface area contributed by atoms with E-state index in [1.165, 1.54) is 12.4 Å². The van der Waals surface area contributed by atoms with Gasteiger partial charge in [0.15, 0.2) is 5.69 Å². The number of phenols is 1. The van der Waals surface area contributed by atoms with E-state index in [0.29, 0.717) is 16.8 Å². The van der Waals surface area contributed by atoms with Gasteiger partial charge in [-0.3, -0.25) is 0 Å². The maximum absolute atomic E-state index is 11.2. The molecule has 0 aliphatic rings. The lowest BCUT2D eigenvalue weighted by Gasteiger charge is -2.11. The molecule has 0 aliphatic heterocycles. The zero-order valence-electron chi connectivity index (χ0n) is 10.0. The predicted octanol–water partition coefficient (Wildman–Crippen LogP) is 2.16. The number of aromatic nitrogens is 2. The van der Waals surface area contributed by atoms with E-state index in [1.54, 1.807) is 26.0 Å². The van der Waals surface area contributed by atoms with Crippen molar-refractivity contribution in [1.29, 1.82) is 0 Å². The monoisotopic (exact) mass is 244 g/mol. The second kappa shape index (κ2) is 4.44. The van der Waals surface area contributed by atoms with E-state index in [4.69, 9.17) is 5.11 Å². The molecule has 2 N–H and O–H groups in total. The summed E-state index contributed by atoms with van der Waals surface area (Å²) in [5.41, 5.74) is 2.54. The van der Waals surface area contributed by atoms with Crippen molar-refractivity contribution in [2.45, 2.75) is 13.8 Å². The van der Waals surface area contributed by atoms with Gasteiger partial charge in [0, 0.05) is 11.3 Å². The lowest BCUT2D eigenvalue weighted by molar-refractivity contribution is 0.0691. The van der Waals surface area contributed by atoms with Crippen LogP contribution in [0.5, 0.6) is 5.75 Å². The molecule has 0 bridgehead atoms. The Morgan fingerprint density at radius 3 is 2.56 bits per heavy atom. The molecule has 2 rings (SSSR count). The summed E-state index contributed by atoms with van der Waals surface area (Å²) in [6, 6.07) is 4.76. The molecule has 0 atom stereocenters. The summed E-state index contributed by atoms with van der Waals surface area (Å²) in [6.45, 7) is 3.53. The Kier molecular flexibility index (Phi) is 2.97. The zero-order chi connectivity index (χ0) is 13.3. The van der Waals surface area contributed by atoms with Crippen LogP contribution in [0, 0.1) is 13.8 Å². The van der Waals surface area contributed by atoms with Crippen molar-refractivity contribution in [3.05, 3.63) is 41.5 Å². The van der Waals surface area contributed by atoms with Gasteiger partial charge in [0.05, 0.1) is 0 Å². The van der Waals surface area contributed by atoms with Gasteiger partial charge in [-0.1, -0.05) is 6.07 Å². The highest BCUT2D eigenvalue weighted by atomic mass is 16.4. The maximum atomic E-state index is 11.2. The molecule has 2 aromatic rings. The van der Waals surface area contributed by atoms with Crippen LogP contribution in [0.4, 0.5) is 0 Å². The molecule has 0 amide bonds. The molecular weight excluding hydrogens is 232 g/mol. The van der Waals surface area contributed by atoms with Crippen molar-refractivity contribution in [2.75, 3.05) is 0 Å². The standard InChI is InChI=1S/C13H12N2O3/c1-7-5-9(16)3-4-10(7)11-8(2)14-6-15-12(11)13(17)18/h3-6,16H,1-2H3,(H,17,18). The van der Waals surface area contributed by atoms with Gasteiger partial charge >= 0.3 is 5.97 Å². The Bertz CT molecular complexity index is 624. The van der Waals surface area contributed by atoms with Gasteiger partial charge in [-0.2, -0.15) is 0 Å². The summed E-state index contributed by atoms with van der Waals surface area (Å²) in [5.74, 6) is -0.953. The summed E-state index contributed by atoms with van der Waals surface area (Å²) in [4.78, 5) is 19.0. The van der Waals surface area contributed by atoms with Crippen LogP contribution in [-0.4, -0.2) is 26.2 Å². The molecule has 0 fully saturated rings. The van der Waals surface area contributed by atoms with Gasteiger partial charge < -0.3 is 10.2 Å². The van der Waals surface area contributed by atoms with Crippen LogP contribution in [-0.2, 0) is 0 Å². The van der Waals surface area contributed by atoms with Gasteiger partial charge in [0.2, 0.25) is 0 Å². The average Bonchev–Trinajstić information content (AvgIpc) is 2.29. The van der Waals surface area contributed by atoms with Gasteiger partial charge in [0.1, 0.15) is 12.1 Å². The Hall–Kier alpha value is -2.43. The second-order valence-electron chi connectivity index (χ2n) is 3.99. The van der Waals surface area contributed by atoms with E-state index in [1.807, 2.05) is 0 Å². The summed E-state index contributed by atoms with van der Waals surface area (Å²) in [7, 11) is 0. The van der Waals surface area contributed by atoms with Crippen molar-refractivity contribution >= 4 is 5.97 Å². The number of benzene rings is 1. The molecule has 0 aliphatic carbocycles. The minimum atomic E-state index is -1.09. The van der Waals surface area contributed by atoms with E-state index in [0.717, 1.165) is 5.56 Å². The number of carbonyl (C=O) groups is 1. The maximum Gasteiger partial charge on any atom is 0.355 e. The normalized spacial score (nSPS) is 10.3. The molecule has 18 heavy (non-hydrogen) atoms. The van der Waals surface area contributed by atoms with Crippen LogP contribution in [0.3, 0.4) is 0 Å². The number of carboxylic acid groups (broad SMARTS) is 1. The predicted molar refractivity (Wildman–Crippen MR) is 65.6 cm³/mol. The van der Waals surface area contributed by atoms with Crippen LogP contribution >= 0.6 is 0 Å². The minimum Gasteiger partial charge on any atom is -0.508 e. The van der Waals surface area contributed by atoms with E-state index >= 15 is 0 Å². The first-order valence-electron chi connectivity index (χ1n) is 5.35. The number of carboxylic acids is 1. The molecule has 5 heteroatoms. The molecule has 0 saturated heterocycles. The summed E-state index contributed by atoms with van der Waals surface area (Å²) >= 11 is 0. The molecular formula is C13H12N2O3. The molecule has 0 radical (unpaired) electrons. The molecule has 92 valence electrons. The molecule has 0 unspecified atom stereocenters. The van der Waals surface area contributed by atoms with Crippen molar-refractivity contribution in [2.24, 2.45) is 0 Å². The van der Waals surface area contributed by atoms with Crippen LogP contribution in [0.2, 0.25) is 0 Å². The quantitative estimate of drug-likeness (QED) is 0.845. The average molecular weight is 244 g/mol. The summed E-state index contributed by atoms with van der Waals surface area (Å²) in [5, 5.41) is 18.5. The molecule has 5 nitrogen and oxygen atoms in total. The fraction of sp³-hybridized carbons (Fsp3) is 0.154. The number of phenolic OH excluding ortho intramolecular Hbond substituents is 1. The highest BCUT2D eigenvalue weighted by Crippen LogP contribution is 2.30. The lowest BCUT2D eigenvalue weighted by atomic mass is 9.97. The third-order valence-electron chi connectivity index (χ3n) is 2.72. The number of rotatable bonds is 2. The van der Waals surface area contributed by atoms with Crippen LogP contribution < -0.4 is 0 Å². The van der Waals surface area contributed by atoms with Crippen molar-refractivity contribution < 1.29 is 15.0 Å². The zero-order valence-corrected chi connectivity index (χ0v) is 10.0.